The van der Waals surface area contributed by atoms with Crippen LogP contribution >= 0.6 is 0 Å². The molecule has 0 saturated heterocycles. The minimum atomic E-state index is -0.454. The monoisotopic (exact) mass is 346 g/mol. The summed E-state index contributed by atoms with van der Waals surface area (Å²) in [5.74, 6) is 0.923. The number of carbonyl (C=O) groups is 1. The molecule has 0 spiro atoms. The number of nitrogens with one attached hydrogen (secondary N) is 2. The van der Waals surface area contributed by atoms with Gasteiger partial charge in [0.05, 0.1) is 0 Å². The average Bonchev–Trinajstić information content (AvgIpc) is 2.53. The fourth-order valence-corrected chi connectivity index (χ4v) is 3.50. The summed E-state index contributed by atoms with van der Waals surface area (Å²) in [5, 5.41) is 6.72. The first-order chi connectivity index (χ1) is 11.8. The molecule has 2 unspecified atom stereocenters. The zero-order chi connectivity index (χ0) is 18.4. The van der Waals surface area contributed by atoms with Crippen LogP contribution in [0.2, 0.25) is 0 Å². The maximum absolute atomic E-state index is 12.0. The first-order valence-electron chi connectivity index (χ1n) is 9.58. The molecule has 0 aliphatic heterocycles. The molecule has 1 aromatic rings. The van der Waals surface area contributed by atoms with Gasteiger partial charge in [-0.2, -0.15) is 0 Å². The molecule has 2 N–H and O–H groups in total. The highest BCUT2D eigenvalue weighted by Gasteiger charge is 2.27. The van der Waals surface area contributed by atoms with Crippen molar-refractivity contribution in [2.75, 3.05) is 11.9 Å². The Bertz CT molecular complexity index is 563. The molecule has 0 aromatic heterocycles. The molecule has 2 rings (SSSR count). The number of amides is 1. The van der Waals surface area contributed by atoms with E-state index in [9.17, 15) is 4.79 Å². The van der Waals surface area contributed by atoms with Crippen molar-refractivity contribution in [2.24, 2.45) is 5.92 Å². The molecule has 1 fully saturated rings. The van der Waals surface area contributed by atoms with Gasteiger partial charge in [-0.05, 0) is 57.1 Å². The molecule has 1 saturated carbocycles. The molecule has 1 aliphatic carbocycles. The predicted molar refractivity (Wildman–Crippen MR) is 104 cm³/mol. The van der Waals surface area contributed by atoms with Gasteiger partial charge >= 0.3 is 6.09 Å². The summed E-state index contributed by atoms with van der Waals surface area (Å²) in [6.07, 6.45) is 4.43. The van der Waals surface area contributed by atoms with E-state index >= 15 is 0 Å². The molecule has 4 nitrogen and oxygen atoms in total. The Morgan fingerprint density at radius 1 is 1.20 bits per heavy atom. The third kappa shape index (κ3) is 6.26. The summed E-state index contributed by atoms with van der Waals surface area (Å²) in [4.78, 5) is 12.0. The second-order valence-electron chi connectivity index (χ2n) is 8.42. The lowest BCUT2D eigenvalue weighted by Crippen LogP contribution is -2.42. The second-order valence-corrected chi connectivity index (χ2v) is 8.42. The smallest absolute Gasteiger partial charge is 0.407 e. The van der Waals surface area contributed by atoms with E-state index in [1.165, 1.54) is 24.1 Å². The van der Waals surface area contributed by atoms with E-state index in [0.717, 1.165) is 12.8 Å². The van der Waals surface area contributed by atoms with Crippen molar-refractivity contribution in [1.29, 1.82) is 0 Å². The third-order valence-electron chi connectivity index (χ3n) is 4.74. The van der Waals surface area contributed by atoms with E-state index < -0.39 is 5.60 Å². The number of carbonyl (C=O) groups excluding carboxylic acids is 1. The van der Waals surface area contributed by atoms with E-state index in [-0.39, 0.29) is 6.09 Å². The van der Waals surface area contributed by atoms with Crippen molar-refractivity contribution in [2.45, 2.75) is 77.9 Å². The summed E-state index contributed by atoms with van der Waals surface area (Å²) >= 11 is 0. The maximum atomic E-state index is 12.0. The van der Waals surface area contributed by atoms with Crippen molar-refractivity contribution in [3.63, 3.8) is 0 Å². The van der Waals surface area contributed by atoms with Crippen LogP contribution in [0.25, 0.3) is 0 Å². The molecule has 1 amide bonds. The molecule has 1 aliphatic rings. The molecule has 0 radical (unpaired) electrons. The number of hydrogen-bond donors (Lipinski definition) is 2. The zero-order valence-corrected chi connectivity index (χ0v) is 16.4. The van der Waals surface area contributed by atoms with E-state index in [4.69, 9.17) is 4.74 Å². The van der Waals surface area contributed by atoms with E-state index in [1.54, 1.807) is 0 Å². The Morgan fingerprint density at radius 2 is 1.88 bits per heavy atom. The fourth-order valence-electron chi connectivity index (χ4n) is 3.50. The van der Waals surface area contributed by atoms with E-state index in [0.29, 0.717) is 24.4 Å². The third-order valence-corrected chi connectivity index (χ3v) is 4.74. The first-order valence-corrected chi connectivity index (χ1v) is 9.58. The quantitative estimate of drug-likeness (QED) is 0.760. The van der Waals surface area contributed by atoms with Gasteiger partial charge in [0.1, 0.15) is 5.60 Å². The van der Waals surface area contributed by atoms with Crippen LogP contribution in [0.4, 0.5) is 10.5 Å². The van der Waals surface area contributed by atoms with Crippen LogP contribution in [-0.4, -0.2) is 24.3 Å². The van der Waals surface area contributed by atoms with Crippen molar-refractivity contribution in [3.8, 4) is 0 Å². The second kappa shape index (κ2) is 8.59. The highest BCUT2D eigenvalue weighted by Crippen LogP contribution is 2.30. The van der Waals surface area contributed by atoms with Crippen molar-refractivity contribution < 1.29 is 9.53 Å². The maximum Gasteiger partial charge on any atom is 0.407 e. The van der Waals surface area contributed by atoms with Crippen LogP contribution < -0.4 is 10.6 Å². The summed E-state index contributed by atoms with van der Waals surface area (Å²) in [6.45, 7) is 10.8. The molecule has 4 heteroatoms. The predicted octanol–water partition coefficient (Wildman–Crippen LogP) is 5.31. The van der Waals surface area contributed by atoms with Gasteiger partial charge < -0.3 is 15.4 Å². The minimum absolute atomic E-state index is 0.320. The summed E-state index contributed by atoms with van der Waals surface area (Å²) < 4.78 is 5.36. The highest BCUT2D eigenvalue weighted by atomic mass is 16.6. The van der Waals surface area contributed by atoms with Gasteiger partial charge in [-0.3, -0.25) is 0 Å². The Morgan fingerprint density at radius 3 is 2.56 bits per heavy atom. The Balaban J connectivity index is 1.98. The summed E-state index contributed by atoms with van der Waals surface area (Å²) in [6, 6.07) is 8.95. The minimum Gasteiger partial charge on any atom is -0.444 e. The van der Waals surface area contributed by atoms with E-state index in [2.05, 4.69) is 48.7 Å². The molecular formula is C21H34N2O2. The fraction of sp³-hybridized carbons (Fsp3) is 0.667. The normalized spacial score (nSPS) is 21.0. The van der Waals surface area contributed by atoms with Gasteiger partial charge in [-0.25, -0.2) is 4.79 Å². The van der Waals surface area contributed by atoms with Crippen LogP contribution in [-0.2, 0) is 4.74 Å². The Hall–Kier alpha value is -1.71. The number of alkyl carbamates (subject to hydrolysis) is 1. The number of hydrogen-bond acceptors (Lipinski definition) is 3. The topological polar surface area (TPSA) is 50.4 Å². The molecular weight excluding hydrogens is 312 g/mol. The van der Waals surface area contributed by atoms with E-state index in [1.807, 2.05) is 20.8 Å². The number of anilines is 1. The van der Waals surface area contributed by atoms with Crippen molar-refractivity contribution >= 4 is 11.8 Å². The van der Waals surface area contributed by atoms with Gasteiger partial charge in [0, 0.05) is 18.3 Å². The van der Waals surface area contributed by atoms with Gasteiger partial charge in [0.2, 0.25) is 0 Å². The van der Waals surface area contributed by atoms with Crippen LogP contribution in [0.5, 0.6) is 0 Å². The molecule has 140 valence electrons. The van der Waals surface area contributed by atoms with Crippen LogP contribution in [0.3, 0.4) is 0 Å². The van der Waals surface area contributed by atoms with Crippen molar-refractivity contribution in [1.82, 2.24) is 5.32 Å². The standard InChI is InChI=1S/C21H34N2O2/c1-15(2)17-11-7-9-13-19(17)23-18-12-8-6-10-16(18)14-22-20(24)25-21(3,4)5/h7,9,11,13,15-16,18,23H,6,8,10,12,14H2,1-5H3,(H,22,24). The van der Waals surface area contributed by atoms with Gasteiger partial charge in [0.25, 0.3) is 0 Å². The van der Waals surface area contributed by atoms with Gasteiger partial charge in [0.15, 0.2) is 0 Å². The van der Waals surface area contributed by atoms with Crippen LogP contribution in [0.1, 0.15) is 71.8 Å². The summed E-state index contributed by atoms with van der Waals surface area (Å²) in [7, 11) is 0. The number of benzene rings is 1. The molecule has 0 bridgehead atoms. The lowest BCUT2D eigenvalue weighted by Gasteiger charge is -2.34. The average molecular weight is 347 g/mol. The number of ether oxygens (including phenoxy) is 1. The molecule has 25 heavy (non-hydrogen) atoms. The van der Waals surface area contributed by atoms with Crippen LogP contribution in [0.15, 0.2) is 24.3 Å². The van der Waals surface area contributed by atoms with Crippen molar-refractivity contribution in [3.05, 3.63) is 29.8 Å². The lowest BCUT2D eigenvalue weighted by molar-refractivity contribution is 0.0514. The Labute approximate surface area is 152 Å². The zero-order valence-electron chi connectivity index (χ0n) is 16.4. The lowest BCUT2D eigenvalue weighted by atomic mass is 9.84. The first kappa shape index (κ1) is 19.6. The molecule has 2 atom stereocenters. The Kier molecular flexibility index (Phi) is 6.74. The SMILES string of the molecule is CC(C)c1ccccc1NC1CCCCC1CNC(=O)OC(C)(C)C. The molecule has 1 aromatic carbocycles. The van der Waals surface area contributed by atoms with Gasteiger partial charge in [-0.15, -0.1) is 0 Å². The highest BCUT2D eigenvalue weighted by molar-refractivity contribution is 5.67. The number of para-hydroxylation sites is 1. The largest absolute Gasteiger partial charge is 0.444 e. The van der Waals surface area contributed by atoms with Gasteiger partial charge in [-0.1, -0.05) is 44.9 Å². The summed E-state index contributed by atoms with van der Waals surface area (Å²) in [5.41, 5.74) is 2.13. The van der Waals surface area contributed by atoms with Crippen LogP contribution in [0, 0.1) is 5.92 Å². The molecule has 0 heterocycles. The number of rotatable bonds is 5.